The van der Waals surface area contributed by atoms with Crippen LogP contribution in [0.25, 0.3) is 10.1 Å². The number of ether oxygens (including phenoxy) is 1. The molecule has 0 saturated carbocycles. The minimum Gasteiger partial charge on any atom is -0.491 e. The minimum absolute atomic E-state index is 0.0367. The second kappa shape index (κ2) is 14.8. The molecule has 0 atom stereocenters. The predicted molar refractivity (Wildman–Crippen MR) is 203 cm³/mol. The first-order chi connectivity index (χ1) is 23.3. The van der Waals surface area contributed by atoms with Crippen LogP contribution in [0.4, 0.5) is 11.4 Å². The first-order valence-corrected chi connectivity index (χ1v) is 20.6. The predicted octanol–water partition coefficient (Wildman–Crippen LogP) is 6.22. The van der Waals surface area contributed by atoms with Gasteiger partial charge < -0.3 is 10.1 Å². The van der Waals surface area contributed by atoms with Gasteiger partial charge in [0.1, 0.15) is 5.75 Å². The minimum atomic E-state index is -3.45. The number of nitrogens with one attached hydrogen (secondary N) is 2. The van der Waals surface area contributed by atoms with Crippen LogP contribution in [0.15, 0.2) is 60.7 Å². The van der Waals surface area contributed by atoms with Gasteiger partial charge in [0, 0.05) is 73.3 Å². The molecular formula is C35H44ClN5O6S3. The van der Waals surface area contributed by atoms with Gasteiger partial charge in [-0.25, -0.2) is 8.42 Å². The van der Waals surface area contributed by atoms with E-state index in [2.05, 4.69) is 34.9 Å². The zero-order chi connectivity index (χ0) is 36.6. The highest BCUT2D eigenvalue weighted by atomic mass is 35.5. The number of fused-ring (bicyclic) bond motifs is 1. The second-order valence-electron chi connectivity index (χ2n) is 13.5. The number of nitrogens with zero attached hydrogens (tertiary/aromatic N) is 3. The van der Waals surface area contributed by atoms with Gasteiger partial charge in [-0.1, -0.05) is 31.5 Å². The van der Waals surface area contributed by atoms with Gasteiger partial charge in [-0.3, -0.25) is 14.4 Å². The molecule has 0 unspecified atom stereocenters. The molecule has 50 heavy (non-hydrogen) atoms. The van der Waals surface area contributed by atoms with Crippen molar-refractivity contribution in [2.45, 2.75) is 45.8 Å². The maximum Gasteiger partial charge on any atom is 0.281 e. The van der Waals surface area contributed by atoms with Crippen LogP contribution < -0.4 is 14.8 Å². The van der Waals surface area contributed by atoms with Crippen molar-refractivity contribution in [3.05, 3.63) is 87.3 Å². The van der Waals surface area contributed by atoms with Crippen LogP contribution in [0, 0.1) is 0 Å². The lowest BCUT2D eigenvalue weighted by atomic mass is 9.77. The van der Waals surface area contributed by atoms with E-state index in [1.54, 1.807) is 44.4 Å². The van der Waals surface area contributed by atoms with Crippen molar-refractivity contribution >= 4 is 70.5 Å². The number of carbonyl (C=O) groups excluding carboxylic acids is 1. The van der Waals surface area contributed by atoms with E-state index in [0.29, 0.717) is 54.0 Å². The van der Waals surface area contributed by atoms with Crippen molar-refractivity contribution in [3.63, 3.8) is 0 Å². The number of anilines is 2. The van der Waals surface area contributed by atoms with Gasteiger partial charge in [0.25, 0.3) is 16.1 Å². The van der Waals surface area contributed by atoms with E-state index in [1.165, 1.54) is 19.9 Å². The molecule has 1 aliphatic rings. The number of hydrogen-bond acceptors (Lipinski definition) is 8. The molecular weight excluding hydrogens is 718 g/mol. The molecule has 2 heterocycles. The number of amides is 1. The smallest absolute Gasteiger partial charge is 0.281 e. The van der Waals surface area contributed by atoms with E-state index in [0.717, 1.165) is 38.8 Å². The van der Waals surface area contributed by atoms with Gasteiger partial charge in [-0.15, -0.1) is 11.3 Å². The van der Waals surface area contributed by atoms with Gasteiger partial charge in [0.05, 0.1) is 17.2 Å². The van der Waals surface area contributed by atoms with Gasteiger partial charge >= 0.3 is 0 Å². The Morgan fingerprint density at radius 2 is 1.62 bits per heavy atom. The fourth-order valence-corrected chi connectivity index (χ4v) is 8.69. The quantitative estimate of drug-likeness (QED) is 0.176. The number of hydrogen-bond donors (Lipinski definition) is 2. The lowest BCUT2D eigenvalue weighted by Gasteiger charge is -2.35. The third kappa shape index (κ3) is 9.15. The van der Waals surface area contributed by atoms with Crippen LogP contribution >= 0.6 is 22.9 Å². The molecule has 1 aromatic heterocycles. The Morgan fingerprint density at radius 3 is 2.26 bits per heavy atom. The topological polar surface area (TPSA) is 128 Å². The highest BCUT2D eigenvalue weighted by Gasteiger charge is 2.30. The molecule has 11 nitrogen and oxygen atoms in total. The molecule has 5 rings (SSSR count). The molecule has 1 fully saturated rings. The summed E-state index contributed by atoms with van der Waals surface area (Å²) in [7, 11) is -3.79. The highest BCUT2D eigenvalue weighted by molar-refractivity contribution is 7.92. The summed E-state index contributed by atoms with van der Waals surface area (Å²) in [4.78, 5) is 16.1. The van der Waals surface area contributed by atoms with Gasteiger partial charge in [-0.05, 0) is 90.5 Å². The Balaban J connectivity index is 1.38. The molecule has 0 spiro atoms. The zero-order valence-corrected chi connectivity index (χ0v) is 32.5. The number of rotatable bonds is 12. The summed E-state index contributed by atoms with van der Waals surface area (Å²) in [5, 5.41) is 4.22. The number of benzene rings is 3. The standard InChI is InChI=1S/C35H44ClN5O6S3/c1-23(2)47-31-15-24(22-40-10-12-41(13-11-40)50(45,46)39(5)6)14-26(20-31)35(3,4)27-18-28(36)21-30(19-27)37-34(42)33-17-25-16-29(38-49(7,43)44)8-9-32(25)48-33/h8-9,14-21,23,38H,10-13,22H2,1-7H3,(H,37,42). The largest absolute Gasteiger partial charge is 0.491 e. The van der Waals surface area contributed by atoms with Crippen molar-refractivity contribution < 1.29 is 26.4 Å². The third-order valence-corrected chi connectivity index (χ3v) is 12.4. The number of carbonyl (C=O) groups is 1. The molecule has 1 aliphatic heterocycles. The normalized spacial score (nSPS) is 15.2. The van der Waals surface area contributed by atoms with E-state index in [-0.39, 0.29) is 12.0 Å². The molecule has 0 aliphatic carbocycles. The van der Waals surface area contributed by atoms with Crippen LogP contribution in [-0.4, -0.2) is 88.9 Å². The van der Waals surface area contributed by atoms with Crippen molar-refractivity contribution in [3.8, 4) is 5.75 Å². The number of sulfonamides is 1. The van der Waals surface area contributed by atoms with Crippen molar-refractivity contribution in [1.82, 2.24) is 13.5 Å². The van der Waals surface area contributed by atoms with Crippen molar-refractivity contribution in [2.24, 2.45) is 0 Å². The fraction of sp³-hybridized carbons (Fsp3) is 0.400. The van der Waals surface area contributed by atoms with Gasteiger partial charge in [-0.2, -0.15) is 17.0 Å². The lowest BCUT2D eigenvalue weighted by molar-refractivity contribution is 0.103. The first-order valence-electron chi connectivity index (χ1n) is 16.1. The van der Waals surface area contributed by atoms with E-state index in [4.69, 9.17) is 16.3 Å². The van der Waals surface area contributed by atoms with Crippen LogP contribution in [0.2, 0.25) is 5.02 Å². The maximum absolute atomic E-state index is 13.4. The summed E-state index contributed by atoms with van der Waals surface area (Å²) in [5.74, 6) is 0.438. The lowest BCUT2D eigenvalue weighted by Crippen LogP contribution is -2.51. The summed E-state index contributed by atoms with van der Waals surface area (Å²) in [6, 6.07) is 18.6. The SMILES string of the molecule is CC(C)Oc1cc(CN2CCN(S(=O)(=O)N(C)C)CC2)cc(C(C)(C)c2cc(Cl)cc(NC(=O)c3cc4cc(NS(C)(=O)=O)ccc4s3)c2)c1. The van der Waals surface area contributed by atoms with Crippen LogP contribution in [0.3, 0.4) is 0 Å². The van der Waals surface area contributed by atoms with Crippen molar-refractivity contribution in [2.75, 3.05) is 56.6 Å². The summed E-state index contributed by atoms with van der Waals surface area (Å²) in [5.41, 5.74) is 3.36. The molecule has 0 bridgehead atoms. The van der Waals surface area contributed by atoms with Crippen LogP contribution in [0.5, 0.6) is 5.75 Å². The summed E-state index contributed by atoms with van der Waals surface area (Å²) in [6.07, 6.45) is 1.05. The Hall–Kier alpha value is -3.24. The molecule has 15 heteroatoms. The van der Waals surface area contributed by atoms with E-state index in [1.807, 2.05) is 38.1 Å². The van der Waals surface area contributed by atoms with Gasteiger partial charge in [0.2, 0.25) is 10.0 Å². The number of piperazine rings is 1. The fourth-order valence-electron chi connectivity index (χ4n) is 5.88. The molecule has 0 radical (unpaired) electrons. The number of halogens is 1. The van der Waals surface area contributed by atoms with Crippen LogP contribution in [0.1, 0.15) is 54.1 Å². The van der Waals surface area contributed by atoms with Crippen molar-refractivity contribution in [1.29, 1.82) is 0 Å². The van der Waals surface area contributed by atoms with Gasteiger partial charge in [0.15, 0.2) is 0 Å². The Kier molecular flexibility index (Phi) is 11.2. The van der Waals surface area contributed by atoms with Crippen LogP contribution in [-0.2, 0) is 32.2 Å². The average Bonchev–Trinajstić information content (AvgIpc) is 3.43. The molecule has 2 N–H and O–H groups in total. The molecule has 1 amide bonds. The molecule has 270 valence electrons. The highest BCUT2D eigenvalue weighted by Crippen LogP contribution is 2.38. The zero-order valence-electron chi connectivity index (χ0n) is 29.3. The van der Waals surface area contributed by atoms with E-state index >= 15 is 0 Å². The molecule has 3 aromatic carbocycles. The summed E-state index contributed by atoms with van der Waals surface area (Å²) in [6.45, 7) is 10.8. The Morgan fingerprint density at radius 1 is 0.940 bits per heavy atom. The second-order valence-corrected chi connectivity index (χ2v) is 19.0. The number of thiophene rings is 1. The van der Waals surface area contributed by atoms with E-state index < -0.39 is 25.6 Å². The molecule has 1 saturated heterocycles. The first kappa shape index (κ1) is 38.0. The van der Waals surface area contributed by atoms with E-state index in [9.17, 15) is 21.6 Å². The Bertz CT molecular complexity index is 2110. The summed E-state index contributed by atoms with van der Waals surface area (Å²) < 4.78 is 60.8. The molecule has 4 aromatic rings. The maximum atomic E-state index is 13.4. The average molecular weight is 762 g/mol. The third-order valence-electron chi connectivity index (χ3n) is 8.51. The Labute approximate surface area is 304 Å². The summed E-state index contributed by atoms with van der Waals surface area (Å²) >= 11 is 7.96. The monoisotopic (exact) mass is 761 g/mol.